The minimum atomic E-state index is -0.381. The van der Waals surface area contributed by atoms with Crippen molar-refractivity contribution in [3.8, 4) is 0 Å². The van der Waals surface area contributed by atoms with E-state index >= 15 is 0 Å². The minimum absolute atomic E-state index is 0.0746. The molecule has 0 unspecified atom stereocenters. The fourth-order valence-corrected chi connectivity index (χ4v) is 3.94. The van der Waals surface area contributed by atoms with Crippen LogP contribution in [0.3, 0.4) is 0 Å². The maximum absolute atomic E-state index is 8.72. The predicted molar refractivity (Wildman–Crippen MR) is 226 cm³/mol. The quantitative estimate of drug-likeness (QED) is 0.177. The highest BCUT2D eigenvalue weighted by Gasteiger charge is 2.17. The lowest BCUT2D eigenvalue weighted by molar-refractivity contribution is -0.0842. The van der Waals surface area contributed by atoms with E-state index in [2.05, 4.69) is 0 Å². The number of aliphatic hydroxyl groups is 1. The molecule has 0 radical (unpaired) electrons. The van der Waals surface area contributed by atoms with Crippen LogP contribution < -0.4 is 0 Å². The topological polar surface area (TPSA) is 84.8 Å². The van der Waals surface area contributed by atoms with E-state index in [0.29, 0.717) is 73.2 Å². The molecule has 0 saturated heterocycles. The van der Waals surface area contributed by atoms with Crippen LogP contribution in [0, 0.1) is 0 Å². The van der Waals surface area contributed by atoms with Crippen LogP contribution in [0.15, 0.2) is 0 Å². The van der Waals surface area contributed by atoms with E-state index in [1.165, 1.54) is 0 Å². The van der Waals surface area contributed by atoms with E-state index in [1.807, 2.05) is 194 Å². The summed E-state index contributed by atoms with van der Waals surface area (Å²) in [7, 11) is 0. The zero-order valence-electron chi connectivity index (χ0n) is 40.0. The lowest BCUT2D eigenvalue weighted by atomic mass is 10.1. The molecule has 0 aliphatic rings. The summed E-state index contributed by atoms with van der Waals surface area (Å²) in [6, 6.07) is 0. The third-order valence-electron chi connectivity index (χ3n) is 4.20. The summed E-state index contributed by atoms with van der Waals surface area (Å²) >= 11 is 0. The van der Waals surface area contributed by atoms with Crippen molar-refractivity contribution in [1.29, 1.82) is 0 Å². The Kier molecular flexibility index (Phi) is 54.5. The largest absolute Gasteiger partial charge is 0.393 e. The van der Waals surface area contributed by atoms with Gasteiger partial charge in [0, 0.05) is 0 Å². The molecule has 0 aliphatic heterocycles. The molecule has 320 valence electrons. The lowest BCUT2D eigenvalue weighted by Crippen LogP contribution is -2.31. The van der Waals surface area contributed by atoms with Gasteiger partial charge < -0.3 is 38.3 Å². The van der Waals surface area contributed by atoms with Crippen LogP contribution in [0.2, 0.25) is 0 Å². The van der Waals surface area contributed by atoms with Gasteiger partial charge in [-0.05, 0) is 194 Å². The molecule has 8 heteroatoms. The molecular formula is C43H100O8. The maximum atomic E-state index is 8.72. The van der Waals surface area contributed by atoms with Crippen molar-refractivity contribution in [3.05, 3.63) is 0 Å². The molecule has 0 saturated carbocycles. The highest BCUT2D eigenvalue weighted by Crippen LogP contribution is 2.10. The van der Waals surface area contributed by atoms with Crippen molar-refractivity contribution in [1.82, 2.24) is 0 Å². The van der Waals surface area contributed by atoms with E-state index < -0.39 is 0 Å². The highest BCUT2D eigenvalue weighted by molar-refractivity contribution is 4.66. The third kappa shape index (κ3) is 113. The Morgan fingerprint density at radius 2 is 0.392 bits per heavy atom. The number of rotatable bonds is 15. The van der Waals surface area contributed by atoms with E-state index in [9.17, 15) is 0 Å². The Morgan fingerprint density at radius 1 is 0.275 bits per heavy atom. The van der Waals surface area contributed by atoms with Crippen molar-refractivity contribution in [3.63, 3.8) is 0 Å². The van der Waals surface area contributed by atoms with Crippen LogP contribution >= 0.6 is 0 Å². The molecule has 0 amide bonds. The Bertz CT molecular complexity index is 465. The number of hydrogen-bond acceptors (Lipinski definition) is 8. The average Bonchev–Trinajstić information content (AvgIpc) is 2.80. The summed E-state index contributed by atoms with van der Waals surface area (Å²) in [6.07, 6.45) is 4.69. The zero-order chi connectivity index (χ0) is 42.7. The second-order valence-electron chi connectivity index (χ2n) is 16.5. The van der Waals surface area contributed by atoms with Gasteiger partial charge in [-0.2, -0.15) is 0 Å². The molecule has 0 fully saturated rings. The van der Waals surface area contributed by atoms with Gasteiger partial charge in [0.2, 0.25) is 0 Å². The summed E-state index contributed by atoms with van der Waals surface area (Å²) in [5.41, 5.74) is -0.381. The van der Waals surface area contributed by atoms with Crippen LogP contribution in [0.4, 0.5) is 0 Å². The summed E-state index contributed by atoms with van der Waals surface area (Å²) in [4.78, 5) is 0. The fourth-order valence-electron chi connectivity index (χ4n) is 3.94. The maximum Gasteiger partial charge on any atom is 0.0859 e. The summed E-state index contributed by atoms with van der Waals surface area (Å²) in [6.45, 7) is 56.7. The van der Waals surface area contributed by atoms with Gasteiger partial charge in [-0.3, -0.25) is 0 Å². The first-order valence-electron chi connectivity index (χ1n) is 19.9. The summed E-state index contributed by atoms with van der Waals surface area (Å²) < 4.78 is 36.8. The average molecular weight is 745 g/mol. The standard InChI is InChI=1S/C7H16O2.6C6H14O/c1-6(2)9-7(3,4)5-8;6*1-5(2)7-6(3)4/h6,8H,5H2,1-4H3;6*5-6H,1-4H3. The van der Waals surface area contributed by atoms with Gasteiger partial charge in [0.05, 0.1) is 91.6 Å². The highest BCUT2D eigenvalue weighted by atomic mass is 16.5. The molecule has 8 nitrogen and oxygen atoms in total. The van der Waals surface area contributed by atoms with Crippen molar-refractivity contribution in [2.75, 3.05) is 6.61 Å². The summed E-state index contributed by atoms with van der Waals surface area (Å²) in [5, 5.41) is 8.72. The lowest BCUT2D eigenvalue weighted by Gasteiger charge is -2.24. The molecule has 0 rings (SSSR count). The molecule has 0 atom stereocenters. The molecular weight excluding hydrogens is 644 g/mol. The molecule has 0 bridgehead atoms. The Labute approximate surface area is 323 Å². The van der Waals surface area contributed by atoms with Gasteiger partial charge in [-0.25, -0.2) is 0 Å². The Morgan fingerprint density at radius 3 is 0.412 bits per heavy atom. The van der Waals surface area contributed by atoms with E-state index in [-0.39, 0.29) is 18.3 Å². The van der Waals surface area contributed by atoms with Gasteiger partial charge in [0.15, 0.2) is 0 Å². The molecule has 1 N–H and O–H groups in total. The molecule has 0 aromatic heterocycles. The smallest absolute Gasteiger partial charge is 0.0859 e. The number of aliphatic hydroxyl groups excluding tert-OH is 1. The Balaban J connectivity index is -0.0000000888. The van der Waals surface area contributed by atoms with Crippen molar-refractivity contribution in [2.45, 2.75) is 279 Å². The molecule has 0 aromatic carbocycles. The first-order chi connectivity index (χ1) is 22.7. The van der Waals surface area contributed by atoms with Crippen LogP contribution in [0.5, 0.6) is 0 Å². The second kappa shape index (κ2) is 42.4. The molecule has 0 spiro atoms. The zero-order valence-corrected chi connectivity index (χ0v) is 40.0. The van der Waals surface area contributed by atoms with Crippen LogP contribution in [0.25, 0.3) is 0 Å². The second-order valence-corrected chi connectivity index (χ2v) is 16.5. The Hall–Kier alpha value is -0.320. The van der Waals surface area contributed by atoms with Crippen molar-refractivity contribution < 1.29 is 38.3 Å². The van der Waals surface area contributed by atoms with E-state index in [0.717, 1.165) is 0 Å². The van der Waals surface area contributed by atoms with E-state index in [4.69, 9.17) is 38.3 Å². The third-order valence-corrected chi connectivity index (χ3v) is 4.20. The van der Waals surface area contributed by atoms with Gasteiger partial charge in [-0.15, -0.1) is 0 Å². The van der Waals surface area contributed by atoms with Crippen LogP contribution in [-0.4, -0.2) is 96.7 Å². The van der Waals surface area contributed by atoms with Gasteiger partial charge in [-0.1, -0.05) is 0 Å². The van der Waals surface area contributed by atoms with Crippen LogP contribution in [0.1, 0.15) is 194 Å². The van der Waals surface area contributed by atoms with Gasteiger partial charge >= 0.3 is 0 Å². The van der Waals surface area contributed by atoms with E-state index in [1.54, 1.807) is 0 Å². The molecule has 51 heavy (non-hydrogen) atoms. The molecule has 0 heterocycles. The first kappa shape index (κ1) is 65.6. The molecule has 0 aromatic rings. The SMILES string of the molecule is CC(C)OC(C)(C)CO.CC(C)OC(C)C.CC(C)OC(C)C.CC(C)OC(C)C.CC(C)OC(C)C.CC(C)OC(C)C.CC(C)OC(C)C. The summed E-state index contributed by atoms with van der Waals surface area (Å²) in [5.74, 6) is 0. The normalized spacial score (nSPS) is 11.4. The van der Waals surface area contributed by atoms with Crippen LogP contribution in [-0.2, 0) is 33.2 Å². The first-order valence-corrected chi connectivity index (χ1v) is 19.9. The predicted octanol–water partition coefficient (Wildman–Crippen LogP) is 12.1. The van der Waals surface area contributed by atoms with Crippen molar-refractivity contribution in [2.24, 2.45) is 0 Å². The number of ether oxygens (including phenoxy) is 7. The number of hydrogen-bond donors (Lipinski definition) is 1. The van der Waals surface area contributed by atoms with Crippen molar-refractivity contribution >= 4 is 0 Å². The monoisotopic (exact) mass is 745 g/mol. The van der Waals surface area contributed by atoms with Gasteiger partial charge in [0.1, 0.15) is 0 Å². The molecule has 0 aliphatic carbocycles. The minimum Gasteiger partial charge on any atom is -0.393 e. The van der Waals surface area contributed by atoms with Gasteiger partial charge in [0.25, 0.3) is 0 Å². The fraction of sp³-hybridized carbons (Fsp3) is 1.00.